The summed E-state index contributed by atoms with van der Waals surface area (Å²) in [6.45, 7) is 3.55. The molecule has 30 heavy (non-hydrogen) atoms. The largest absolute Gasteiger partial charge is 0.507 e. The fourth-order valence-electron chi connectivity index (χ4n) is 3.77. The molecule has 0 saturated heterocycles. The Bertz CT molecular complexity index is 1120. The number of hydrogen-bond acceptors (Lipinski definition) is 7. The Morgan fingerprint density at radius 3 is 2.20 bits per heavy atom. The normalized spacial score (nSPS) is 18.2. The maximum atomic E-state index is 13.0. The van der Waals surface area contributed by atoms with E-state index in [4.69, 9.17) is 9.47 Å². The number of aromatic nitrogens is 3. The van der Waals surface area contributed by atoms with Crippen LogP contribution in [0.1, 0.15) is 31.0 Å². The van der Waals surface area contributed by atoms with Crippen LogP contribution in [0.15, 0.2) is 54.1 Å². The fraction of sp³-hybridized carbons (Fsp3) is 0.273. The molecule has 1 N–H and O–H groups in total. The van der Waals surface area contributed by atoms with Crippen molar-refractivity contribution in [1.82, 2.24) is 15.0 Å². The highest BCUT2D eigenvalue weighted by Gasteiger charge is 2.46. The van der Waals surface area contributed by atoms with Crippen LogP contribution in [0.5, 0.6) is 0 Å². The van der Waals surface area contributed by atoms with Gasteiger partial charge in [-0.25, -0.2) is 4.79 Å². The van der Waals surface area contributed by atoms with Gasteiger partial charge < -0.3 is 14.6 Å². The zero-order valence-corrected chi connectivity index (χ0v) is 16.6. The zero-order valence-electron chi connectivity index (χ0n) is 16.6. The number of fused-ring (bicyclic) bond motifs is 2. The molecule has 0 saturated carbocycles. The second-order valence-electron chi connectivity index (χ2n) is 6.75. The minimum Gasteiger partial charge on any atom is -0.507 e. The van der Waals surface area contributed by atoms with Crippen LogP contribution < -0.4 is 0 Å². The lowest BCUT2D eigenvalue weighted by molar-refractivity contribution is -0.151. The molecule has 1 aromatic heterocycles. The Morgan fingerprint density at radius 1 is 0.967 bits per heavy atom. The van der Waals surface area contributed by atoms with Crippen LogP contribution in [0.2, 0.25) is 0 Å². The van der Waals surface area contributed by atoms with Crippen LogP contribution in [0.25, 0.3) is 16.8 Å². The zero-order chi connectivity index (χ0) is 21.3. The first-order chi connectivity index (χ1) is 14.6. The van der Waals surface area contributed by atoms with Gasteiger partial charge in [0.15, 0.2) is 0 Å². The lowest BCUT2D eigenvalue weighted by Gasteiger charge is -2.32. The lowest BCUT2D eigenvalue weighted by Crippen LogP contribution is -2.38. The quantitative estimate of drug-likeness (QED) is 0.648. The molecule has 4 rings (SSSR count). The van der Waals surface area contributed by atoms with Crippen molar-refractivity contribution in [3.8, 4) is 0 Å². The van der Waals surface area contributed by atoms with Gasteiger partial charge >= 0.3 is 11.9 Å². The number of carbonyl (C=O) groups is 2. The summed E-state index contributed by atoms with van der Waals surface area (Å²) in [6, 6.07) is 13.5. The highest BCUT2D eigenvalue weighted by molar-refractivity contribution is 6.03. The third kappa shape index (κ3) is 3.20. The summed E-state index contributed by atoms with van der Waals surface area (Å²) in [7, 11) is 0. The number of benzene rings is 2. The molecule has 0 aliphatic heterocycles. The second-order valence-corrected chi connectivity index (χ2v) is 6.75. The van der Waals surface area contributed by atoms with Gasteiger partial charge in [0.05, 0.1) is 18.8 Å². The summed E-state index contributed by atoms with van der Waals surface area (Å²) in [5, 5.41) is 20.0. The topological polar surface area (TPSA) is 104 Å². The molecule has 0 spiro atoms. The first kappa shape index (κ1) is 19.6. The molecule has 2 aromatic carbocycles. The molecule has 0 radical (unpaired) electrons. The molecule has 0 unspecified atom stereocenters. The van der Waals surface area contributed by atoms with Crippen LogP contribution in [-0.2, 0) is 19.1 Å². The van der Waals surface area contributed by atoms with Gasteiger partial charge in [-0.05, 0) is 31.5 Å². The molecule has 0 fully saturated rings. The van der Waals surface area contributed by atoms with E-state index in [2.05, 4.69) is 10.2 Å². The number of hydrogen-bond donors (Lipinski definition) is 1. The predicted octanol–water partition coefficient (Wildman–Crippen LogP) is 3.05. The minimum absolute atomic E-state index is 0.0986. The van der Waals surface area contributed by atoms with Crippen molar-refractivity contribution in [2.45, 2.75) is 19.9 Å². The summed E-state index contributed by atoms with van der Waals surface area (Å²) in [5.41, 5.74) is 2.18. The van der Waals surface area contributed by atoms with Gasteiger partial charge in [0, 0.05) is 5.56 Å². The number of nitrogens with zero attached hydrogens (tertiary/aromatic N) is 3. The third-order valence-corrected chi connectivity index (χ3v) is 5.00. The van der Waals surface area contributed by atoms with Crippen LogP contribution in [0.3, 0.4) is 0 Å². The monoisotopic (exact) mass is 407 g/mol. The average molecular weight is 407 g/mol. The van der Waals surface area contributed by atoms with Gasteiger partial charge in [0.1, 0.15) is 28.8 Å². The van der Waals surface area contributed by atoms with E-state index in [1.165, 1.54) is 4.80 Å². The summed E-state index contributed by atoms with van der Waals surface area (Å²) >= 11 is 0. The van der Waals surface area contributed by atoms with Crippen molar-refractivity contribution >= 4 is 28.7 Å². The molecular weight excluding hydrogens is 386 g/mol. The van der Waals surface area contributed by atoms with E-state index in [1.54, 1.807) is 38.1 Å². The summed E-state index contributed by atoms with van der Waals surface area (Å²) in [4.78, 5) is 27.2. The molecule has 8 nitrogen and oxygen atoms in total. The molecule has 1 aliphatic rings. The van der Waals surface area contributed by atoms with Crippen LogP contribution in [0, 0.1) is 5.92 Å². The predicted molar refractivity (Wildman–Crippen MR) is 108 cm³/mol. The molecule has 2 atom stereocenters. The van der Waals surface area contributed by atoms with Crippen molar-refractivity contribution in [3.05, 3.63) is 65.2 Å². The molecule has 0 amide bonds. The Balaban J connectivity index is 1.97. The summed E-state index contributed by atoms with van der Waals surface area (Å²) in [6.07, 6.45) is 0. The highest BCUT2D eigenvalue weighted by Crippen LogP contribution is 2.43. The number of aliphatic hydroxyl groups excluding tert-OH is 1. The third-order valence-electron chi connectivity index (χ3n) is 5.00. The van der Waals surface area contributed by atoms with Crippen LogP contribution in [-0.4, -0.2) is 45.3 Å². The van der Waals surface area contributed by atoms with Gasteiger partial charge in [-0.3, -0.25) is 4.79 Å². The average Bonchev–Trinajstić information content (AvgIpc) is 3.17. The fourth-order valence-corrected chi connectivity index (χ4v) is 3.77. The van der Waals surface area contributed by atoms with E-state index >= 15 is 0 Å². The van der Waals surface area contributed by atoms with Crippen LogP contribution in [0.4, 0.5) is 0 Å². The molecule has 1 heterocycles. The van der Waals surface area contributed by atoms with Gasteiger partial charge in [-0.1, -0.05) is 36.4 Å². The van der Waals surface area contributed by atoms with E-state index in [9.17, 15) is 14.7 Å². The Kier molecular flexibility index (Phi) is 5.22. The van der Waals surface area contributed by atoms with Crippen molar-refractivity contribution < 1.29 is 24.2 Å². The second kappa shape index (κ2) is 7.98. The van der Waals surface area contributed by atoms with Crippen molar-refractivity contribution in [2.75, 3.05) is 13.2 Å². The van der Waals surface area contributed by atoms with Gasteiger partial charge in [-0.15, -0.1) is 0 Å². The number of rotatable bonds is 5. The first-order valence-electron chi connectivity index (χ1n) is 9.74. The van der Waals surface area contributed by atoms with Crippen LogP contribution >= 0.6 is 0 Å². The number of ether oxygens (including phenoxy) is 2. The summed E-state index contributed by atoms with van der Waals surface area (Å²) < 4.78 is 10.4. The SMILES string of the molecule is CCOC(=O)C1=C(O)c2ccccc2[C@@H](n2nc3ccccc3n2)[C@@H]1C(=O)OCC. The van der Waals surface area contributed by atoms with E-state index in [0.717, 1.165) is 0 Å². The number of aliphatic hydroxyl groups is 1. The highest BCUT2D eigenvalue weighted by atomic mass is 16.5. The number of carbonyl (C=O) groups excluding carboxylic acids is 2. The molecule has 0 bridgehead atoms. The maximum absolute atomic E-state index is 13.0. The number of esters is 2. The maximum Gasteiger partial charge on any atom is 0.338 e. The molecule has 3 aromatic rings. The van der Waals surface area contributed by atoms with Crippen molar-refractivity contribution in [2.24, 2.45) is 5.92 Å². The Morgan fingerprint density at radius 2 is 1.57 bits per heavy atom. The lowest BCUT2D eigenvalue weighted by atomic mass is 9.78. The van der Waals surface area contributed by atoms with E-state index < -0.39 is 23.9 Å². The van der Waals surface area contributed by atoms with Gasteiger partial charge in [-0.2, -0.15) is 15.0 Å². The molecule has 1 aliphatic carbocycles. The van der Waals surface area contributed by atoms with E-state index in [-0.39, 0.29) is 24.5 Å². The molecule has 8 heteroatoms. The van der Waals surface area contributed by atoms with E-state index in [0.29, 0.717) is 22.2 Å². The van der Waals surface area contributed by atoms with Gasteiger partial charge in [0.25, 0.3) is 0 Å². The summed E-state index contributed by atoms with van der Waals surface area (Å²) in [5.74, 6) is -2.90. The molecule has 154 valence electrons. The Hall–Kier alpha value is -3.68. The van der Waals surface area contributed by atoms with Crippen molar-refractivity contribution in [1.29, 1.82) is 0 Å². The van der Waals surface area contributed by atoms with E-state index in [1.807, 2.05) is 24.3 Å². The minimum atomic E-state index is -1.17. The Labute approximate surface area is 172 Å². The first-order valence-corrected chi connectivity index (χ1v) is 9.74. The van der Waals surface area contributed by atoms with Gasteiger partial charge in [0.2, 0.25) is 0 Å². The smallest absolute Gasteiger partial charge is 0.338 e. The standard InChI is InChI=1S/C22H21N3O5/c1-3-29-21(27)17-18(22(28)30-4-2)20(26)14-10-6-5-9-13(14)19(17)25-23-15-11-7-8-12-16(15)24-25/h5-12,17,19,26H,3-4H2,1-2H3/t17-,19-/m1/s1. The van der Waals surface area contributed by atoms with Crippen molar-refractivity contribution in [3.63, 3.8) is 0 Å². The molecular formula is C22H21N3O5.